The van der Waals surface area contributed by atoms with E-state index in [1.54, 1.807) is 49.7 Å². The van der Waals surface area contributed by atoms with Crippen LogP contribution < -0.4 is 5.32 Å². The Morgan fingerprint density at radius 2 is 1.96 bits per heavy atom. The van der Waals surface area contributed by atoms with Crippen molar-refractivity contribution in [2.24, 2.45) is 7.05 Å². The first-order valence-corrected chi connectivity index (χ1v) is 9.32. The molecule has 0 saturated heterocycles. The van der Waals surface area contributed by atoms with Crippen LogP contribution in [0.1, 0.15) is 37.0 Å². The summed E-state index contributed by atoms with van der Waals surface area (Å²) in [6.45, 7) is 5.22. The average Bonchev–Trinajstić information content (AvgIpc) is 2.95. The molecule has 0 aliphatic rings. The quantitative estimate of drug-likeness (QED) is 0.419. The van der Waals surface area contributed by atoms with Gasteiger partial charge in [-0.1, -0.05) is 23.9 Å². The highest BCUT2D eigenvalue weighted by atomic mass is 32.2. The van der Waals surface area contributed by atoms with Gasteiger partial charge in [-0.25, -0.2) is 0 Å². The third-order valence-corrected chi connectivity index (χ3v) is 4.88. The van der Waals surface area contributed by atoms with E-state index in [4.69, 9.17) is 4.74 Å². The molecule has 0 saturated carbocycles. The molecule has 0 fully saturated rings. The van der Waals surface area contributed by atoms with E-state index in [1.807, 2.05) is 0 Å². The van der Waals surface area contributed by atoms with Crippen LogP contribution in [0, 0.1) is 0 Å². The van der Waals surface area contributed by atoms with Gasteiger partial charge in [0.15, 0.2) is 10.9 Å². The third-order valence-electron chi connectivity index (χ3n) is 3.75. The van der Waals surface area contributed by atoms with E-state index in [0.29, 0.717) is 28.8 Å². The number of rotatable bonds is 8. The molecule has 144 valence electrons. The summed E-state index contributed by atoms with van der Waals surface area (Å²) in [5.41, 5.74) is 0.932. The number of nitrogens with one attached hydrogen (secondary N) is 1. The van der Waals surface area contributed by atoms with E-state index < -0.39 is 5.25 Å². The molecule has 2 rings (SSSR count). The Labute approximate surface area is 161 Å². The van der Waals surface area contributed by atoms with Gasteiger partial charge in [-0.05, 0) is 32.9 Å². The van der Waals surface area contributed by atoms with E-state index in [2.05, 4.69) is 15.5 Å². The smallest absolute Gasteiger partial charge is 0.313 e. The number of carbonyl (C=O) groups excluding carboxylic acids is 3. The van der Waals surface area contributed by atoms with Crippen LogP contribution in [-0.4, -0.2) is 44.3 Å². The molecule has 0 aliphatic carbocycles. The highest BCUT2D eigenvalue weighted by Gasteiger charge is 2.21. The molecule has 1 aromatic heterocycles. The maximum atomic E-state index is 12.5. The maximum absolute atomic E-state index is 12.5. The lowest BCUT2D eigenvalue weighted by Gasteiger charge is -2.13. The summed E-state index contributed by atoms with van der Waals surface area (Å²) in [6.07, 6.45) is 0.0183. The van der Waals surface area contributed by atoms with Gasteiger partial charge < -0.3 is 14.6 Å². The van der Waals surface area contributed by atoms with Crippen molar-refractivity contribution in [1.29, 1.82) is 0 Å². The van der Waals surface area contributed by atoms with E-state index in [0.717, 1.165) is 0 Å². The largest absolute Gasteiger partial charge is 0.466 e. The second-order valence-corrected chi connectivity index (χ2v) is 7.10. The molecular weight excluding hydrogens is 368 g/mol. The lowest BCUT2D eigenvalue weighted by Crippen LogP contribution is -2.24. The number of ketones is 1. The van der Waals surface area contributed by atoms with Crippen molar-refractivity contribution >= 4 is 35.1 Å². The second kappa shape index (κ2) is 9.31. The number of carbonyl (C=O) groups is 3. The molecule has 1 amide bonds. The summed E-state index contributed by atoms with van der Waals surface area (Å²) < 4.78 is 6.57. The maximum Gasteiger partial charge on any atom is 0.313 e. The number of hydrogen-bond donors (Lipinski definition) is 1. The minimum absolute atomic E-state index is 0.0183. The van der Waals surface area contributed by atoms with Crippen molar-refractivity contribution in [3.63, 3.8) is 0 Å². The van der Waals surface area contributed by atoms with Crippen LogP contribution in [0.25, 0.3) is 0 Å². The summed E-state index contributed by atoms with van der Waals surface area (Å²) in [5, 5.41) is 10.8. The molecule has 27 heavy (non-hydrogen) atoms. The number of hydrogen-bond acceptors (Lipinski definition) is 7. The van der Waals surface area contributed by atoms with Gasteiger partial charge in [0.25, 0.3) is 0 Å². The summed E-state index contributed by atoms with van der Waals surface area (Å²) in [6, 6.07) is 6.85. The summed E-state index contributed by atoms with van der Waals surface area (Å²) >= 11 is 1.21. The molecule has 1 N–H and O–H groups in total. The monoisotopic (exact) mass is 390 g/mol. The van der Waals surface area contributed by atoms with Crippen molar-refractivity contribution in [1.82, 2.24) is 14.8 Å². The molecule has 1 atom stereocenters. The Bertz CT molecular complexity index is 850. The van der Waals surface area contributed by atoms with Gasteiger partial charge in [-0.15, -0.1) is 10.2 Å². The highest BCUT2D eigenvalue weighted by molar-refractivity contribution is 8.00. The summed E-state index contributed by atoms with van der Waals surface area (Å²) in [7, 11) is 1.73. The zero-order valence-corrected chi connectivity index (χ0v) is 16.5. The van der Waals surface area contributed by atoms with Gasteiger partial charge in [0, 0.05) is 12.6 Å². The van der Waals surface area contributed by atoms with Crippen molar-refractivity contribution in [3.05, 3.63) is 35.7 Å². The van der Waals surface area contributed by atoms with Crippen LogP contribution in [-0.2, 0) is 27.8 Å². The fraction of sp³-hybridized carbons (Fsp3) is 0.389. The molecule has 1 heterocycles. The van der Waals surface area contributed by atoms with E-state index >= 15 is 0 Å². The lowest BCUT2D eigenvalue weighted by atomic mass is 10.1. The molecule has 9 heteroatoms. The topological polar surface area (TPSA) is 103 Å². The fourth-order valence-corrected chi connectivity index (χ4v) is 3.12. The van der Waals surface area contributed by atoms with Crippen LogP contribution >= 0.6 is 11.8 Å². The first kappa shape index (κ1) is 20.6. The molecule has 8 nitrogen and oxygen atoms in total. The molecule has 0 unspecified atom stereocenters. The van der Waals surface area contributed by atoms with E-state index in [1.165, 1.54) is 18.7 Å². The zero-order valence-electron chi connectivity index (χ0n) is 15.7. The SMILES string of the molecule is CCOC(=O)Cc1nnc(S[C@H](C)C(=O)Nc2ccccc2C(C)=O)n1C. The molecule has 0 radical (unpaired) electrons. The molecule has 0 aliphatic heterocycles. The van der Waals surface area contributed by atoms with Gasteiger partial charge in [0.05, 0.1) is 17.5 Å². The number of anilines is 1. The molecule has 0 bridgehead atoms. The van der Waals surface area contributed by atoms with Gasteiger partial charge in [0.2, 0.25) is 5.91 Å². The minimum atomic E-state index is -0.483. The Hall–Kier alpha value is -2.68. The number of para-hydroxylation sites is 1. The van der Waals surface area contributed by atoms with Crippen LogP contribution in [0.4, 0.5) is 5.69 Å². The van der Waals surface area contributed by atoms with Gasteiger partial charge >= 0.3 is 5.97 Å². The molecule has 2 aromatic rings. The Morgan fingerprint density at radius 3 is 2.63 bits per heavy atom. The number of benzene rings is 1. The minimum Gasteiger partial charge on any atom is -0.466 e. The lowest BCUT2D eigenvalue weighted by molar-refractivity contribution is -0.142. The molecule has 1 aromatic carbocycles. The number of esters is 1. The summed E-state index contributed by atoms with van der Waals surface area (Å²) in [5.74, 6) is -0.298. The fourth-order valence-electron chi connectivity index (χ4n) is 2.29. The normalized spacial score (nSPS) is 11.7. The number of ether oxygens (including phenoxy) is 1. The Kier molecular flexibility index (Phi) is 7.12. The first-order valence-electron chi connectivity index (χ1n) is 8.44. The Morgan fingerprint density at radius 1 is 1.26 bits per heavy atom. The van der Waals surface area contributed by atoms with Crippen molar-refractivity contribution in [3.8, 4) is 0 Å². The first-order chi connectivity index (χ1) is 12.8. The predicted molar refractivity (Wildman–Crippen MR) is 102 cm³/mol. The number of amides is 1. The van der Waals surface area contributed by atoms with Crippen LogP contribution in [0.5, 0.6) is 0 Å². The number of aromatic nitrogens is 3. The number of Topliss-reactive ketones (excluding diaryl/α,β-unsaturated/α-hetero) is 1. The number of nitrogens with zero attached hydrogens (tertiary/aromatic N) is 3. The van der Waals surface area contributed by atoms with Crippen LogP contribution in [0.2, 0.25) is 0 Å². The third kappa shape index (κ3) is 5.40. The van der Waals surface area contributed by atoms with Crippen molar-refractivity contribution < 1.29 is 19.1 Å². The van der Waals surface area contributed by atoms with Gasteiger partial charge in [0.1, 0.15) is 12.2 Å². The predicted octanol–water partition coefficient (Wildman–Crippen LogP) is 2.24. The molecular formula is C18H22N4O4S. The van der Waals surface area contributed by atoms with Crippen molar-refractivity contribution in [2.75, 3.05) is 11.9 Å². The van der Waals surface area contributed by atoms with Crippen molar-refractivity contribution in [2.45, 2.75) is 37.6 Å². The Balaban J connectivity index is 2.04. The van der Waals surface area contributed by atoms with E-state index in [-0.39, 0.29) is 24.1 Å². The van der Waals surface area contributed by atoms with Gasteiger partial charge in [-0.3, -0.25) is 14.4 Å². The van der Waals surface area contributed by atoms with Gasteiger partial charge in [-0.2, -0.15) is 0 Å². The zero-order chi connectivity index (χ0) is 20.0. The average molecular weight is 390 g/mol. The second-order valence-electron chi connectivity index (χ2n) is 5.79. The molecule has 0 spiro atoms. The standard InChI is InChI=1S/C18H22N4O4S/c1-5-26-16(24)10-15-20-21-18(22(15)4)27-12(3)17(25)19-14-9-7-6-8-13(14)11(2)23/h6-9,12H,5,10H2,1-4H3,(H,19,25)/t12-/m1/s1. The summed E-state index contributed by atoms with van der Waals surface area (Å²) in [4.78, 5) is 35.8. The number of thioether (sulfide) groups is 1. The van der Waals surface area contributed by atoms with Crippen LogP contribution in [0.3, 0.4) is 0 Å². The van der Waals surface area contributed by atoms with Crippen LogP contribution in [0.15, 0.2) is 29.4 Å². The highest BCUT2D eigenvalue weighted by Crippen LogP contribution is 2.24. The van der Waals surface area contributed by atoms with E-state index in [9.17, 15) is 14.4 Å².